The van der Waals surface area contributed by atoms with Crippen molar-refractivity contribution in [1.82, 2.24) is 5.32 Å². The highest BCUT2D eigenvalue weighted by Crippen LogP contribution is 2.15. The summed E-state index contributed by atoms with van der Waals surface area (Å²) in [6, 6.07) is 7.03. The maximum Gasteiger partial charge on any atom is 0.306 e. The zero-order chi connectivity index (χ0) is 14.5. The first-order valence-electron chi connectivity index (χ1n) is 5.70. The van der Waals surface area contributed by atoms with Gasteiger partial charge in [0.2, 0.25) is 0 Å². The standard InChI is InChI=1S/C13H17NO4S/c1-13(18,7-11(15)16)8-14-12(17)9-3-5-10(19-2)6-4-9/h3-6,18H,7-8H2,1-2H3,(H,14,17)(H,15,16). The van der Waals surface area contributed by atoms with Gasteiger partial charge in [0.1, 0.15) is 0 Å². The maximum atomic E-state index is 11.8. The van der Waals surface area contributed by atoms with Crippen LogP contribution in [-0.4, -0.2) is 40.5 Å². The number of carbonyl (C=O) groups excluding carboxylic acids is 1. The van der Waals surface area contributed by atoms with Crippen molar-refractivity contribution >= 4 is 23.6 Å². The van der Waals surface area contributed by atoms with Crippen LogP contribution >= 0.6 is 11.8 Å². The van der Waals surface area contributed by atoms with Crippen LogP contribution in [0.4, 0.5) is 0 Å². The van der Waals surface area contributed by atoms with Crippen LogP contribution in [0.15, 0.2) is 29.2 Å². The van der Waals surface area contributed by atoms with Crippen molar-refractivity contribution in [2.45, 2.75) is 23.8 Å². The molecule has 5 nitrogen and oxygen atoms in total. The van der Waals surface area contributed by atoms with Gasteiger partial charge in [-0.05, 0) is 37.4 Å². The Labute approximate surface area is 116 Å². The summed E-state index contributed by atoms with van der Waals surface area (Å²) in [7, 11) is 0. The first-order chi connectivity index (χ1) is 8.84. The Morgan fingerprint density at radius 2 is 1.89 bits per heavy atom. The van der Waals surface area contributed by atoms with Gasteiger partial charge in [-0.15, -0.1) is 11.8 Å². The summed E-state index contributed by atoms with van der Waals surface area (Å²) in [5, 5.41) is 20.9. The normalized spacial score (nSPS) is 13.6. The lowest BCUT2D eigenvalue weighted by molar-refractivity contribution is -0.141. The number of hydrogen-bond donors (Lipinski definition) is 3. The summed E-state index contributed by atoms with van der Waals surface area (Å²) in [5.74, 6) is -1.44. The van der Waals surface area contributed by atoms with Gasteiger partial charge in [0.25, 0.3) is 5.91 Å². The molecule has 0 radical (unpaired) electrons. The van der Waals surface area contributed by atoms with Crippen molar-refractivity contribution in [2.24, 2.45) is 0 Å². The highest BCUT2D eigenvalue weighted by atomic mass is 32.2. The van der Waals surface area contributed by atoms with Crippen LogP contribution in [0.5, 0.6) is 0 Å². The number of carboxylic acids is 1. The summed E-state index contributed by atoms with van der Waals surface area (Å²) in [6.45, 7) is 1.26. The summed E-state index contributed by atoms with van der Waals surface area (Å²) in [4.78, 5) is 23.4. The second-order valence-electron chi connectivity index (χ2n) is 4.48. The zero-order valence-electron chi connectivity index (χ0n) is 10.8. The van der Waals surface area contributed by atoms with Crippen LogP contribution < -0.4 is 5.32 Å². The summed E-state index contributed by atoms with van der Waals surface area (Å²) >= 11 is 1.58. The van der Waals surface area contributed by atoms with Crippen molar-refractivity contribution in [1.29, 1.82) is 0 Å². The van der Waals surface area contributed by atoms with E-state index in [0.717, 1.165) is 4.90 Å². The maximum absolute atomic E-state index is 11.8. The van der Waals surface area contributed by atoms with Gasteiger partial charge in [-0.2, -0.15) is 0 Å². The molecule has 0 saturated heterocycles. The monoisotopic (exact) mass is 283 g/mol. The molecule has 0 saturated carbocycles. The lowest BCUT2D eigenvalue weighted by atomic mass is 10.0. The average Bonchev–Trinajstić information content (AvgIpc) is 2.34. The Hall–Kier alpha value is -1.53. The van der Waals surface area contributed by atoms with E-state index in [4.69, 9.17) is 5.11 Å². The third-order valence-electron chi connectivity index (χ3n) is 2.51. The molecule has 0 spiro atoms. The number of aliphatic carboxylic acids is 1. The number of carbonyl (C=O) groups is 2. The van der Waals surface area contributed by atoms with E-state index in [1.54, 1.807) is 23.9 Å². The molecule has 19 heavy (non-hydrogen) atoms. The van der Waals surface area contributed by atoms with E-state index in [-0.39, 0.29) is 12.5 Å². The number of aliphatic hydroxyl groups is 1. The number of hydrogen-bond acceptors (Lipinski definition) is 4. The van der Waals surface area contributed by atoms with Crippen LogP contribution in [-0.2, 0) is 4.79 Å². The molecule has 0 aromatic heterocycles. The van der Waals surface area contributed by atoms with Crippen LogP contribution in [0.1, 0.15) is 23.7 Å². The molecule has 0 aliphatic heterocycles. The minimum atomic E-state index is -1.46. The van der Waals surface area contributed by atoms with Crippen molar-refractivity contribution < 1.29 is 19.8 Å². The molecule has 1 atom stereocenters. The van der Waals surface area contributed by atoms with Gasteiger partial charge in [0.15, 0.2) is 0 Å². The lowest BCUT2D eigenvalue weighted by Crippen LogP contribution is -2.42. The van der Waals surface area contributed by atoms with Crippen molar-refractivity contribution in [3.05, 3.63) is 29.8 Å². The molecule has 0 heterocycles. The van der Waals surface area contributed by atoms with E-state index < -0.39 is 18.0 Å². The fourth-order valence-corrected chi connectivity index (χ4v) is 1.91. The van der Waals surface area contributed by atoms with Crippen LogP contribution in [0.2, 0.25) is 0 Å². The highest BCUT2D eigenvalue weighted by molar-refractivity contribution is 7.98. The summed E-state index contributed by atoms with van der Waals surface area (Å²) in [5.41, 5.74) is -0.982. The first kappa shape index (κ1) is 15.5. The van der Waals surface area contributed by atoms with Gasteiger partial charge in [-0.25, -0.2) is 0 Å². The van der Waals surface area contributed by atoms with Crippen molar-refractivity contribution in [3.63, 3.8) is 0 Å². The van der Waals surface area contributed by atoms with Gasteiger partial charge < -0.3 is 15.5 Å². The molecule has 3 N–H and O–H groups in total. The van der Waals surface area contributed by atoms with Crippen LogP contribution in [0.3, 0.4) is 0 Å². The number of thioether (sulfide) groups is 1. The molecule has 1 rings (SSSR count). The fraction of sp³-hybridized carbons (Fsp3) is 0.385. The molecule has 1 unspecified atom stereocenters. The van der Waals surface area contributed by atoms with Crippen LogP contribution in [0.25, 0.3) is 0 Å². The SMILES string of the molecule is CSc1ccc(C(=O)NCC(C)(O)CC(=O)O)cc1. The minimum Gasteiger partial charge on any atom is -0.481 e. The Balaban J connectivity index is 2.57. The van der Waals surface area contributed by atoms with Gasteiger partial charge >= 0.3 is 5.97 Å². The van der Waals surface area contributed by atoms with E-state index in [1.165, 1.54) is 6.92 Å². The largest absolute Gasteiger partial charge is 0.481 e. The van der Waals surface area contributed by atoms with Crippen molar-refractivity contribution in [3.8, 4) is 0 Å². The molecule has 1 aromatic rings. The fourth-order valence-electron chi connectivity index (χ4n) is 1.50. The predicted octanol–water partition coefficient (Wildman–Crippen LogP) is 1.36. The van der Waals surface area contributed by atoms with E-state index in [2.05, 4.69) is 5.32 Å². The molecule has 1 amide bonds. The zero-order valence-corrected chi connectivity index (χ0v) is 11.7. The summed E-state index contributed by atoms with van der Waals surface area (Å²) < 4.78 is 0. The quantitative estimate of drug-likeness (QED) is 0.686. The van der Waals surface area contributed by atoms with E-state index in [9.17, 15) is 14.7 Å². The Bertz CT molecular complexity index is 456. The number of benzene rings is 1. The second-order valence-corrected chi connectivity index (χ2v) is 5.36. The van der Waals surface area contributed by atoms with Gasteiger partial charge in [-0.1, -0.05) is 0 Å². The molecule has 0 fully saturated rings. The third kappa shape index (κ3) is 5.32. The number of nitrogens with one attached hydrogen (secondary N) is 1. The average molecular weight is 283 g/mol. The Morgan fingerprint density at radius 1 is 1.32 bits per heavy atom. The van der Waals surface area contributed by atoms with Crippen LogP contribution in [0, 0.1) is 0 Å². The predicted molar refractivity (Wildman–Crippen MR) is 73.4 cm³/mol. The number of amides is 1. The minimum absolute atomic E-state index is 0.109. The lowest BCUT2D eigenvalue weighted by Gasteiger charge is -2.21. The van der Waals surface area contributed by atoms with Gasteiger partial charge in [0, 0.05) is 17.0 Å². The number of rotatable bonds is 6. The molecule has 0 aliphatic rings. The third-order valence-corrected chi connectivity index (χ3v) is 3.26. The van der Waals surface area contributed by atoms with Gasteiger partial charge in [0.05, 0.1) is 12.0 Å². The second kappa shape index (κ2) is 6.58. The molecular formula is C13H17NO4S. The first-order valence-corrected chi connectivity index (χ1v) is 6.93. The van der Waals surface area contributed by atoms with Gasteiger partial charge in [-0.3, -0.25) is 9.59 Å². The molecule has 1 aromatic carbocycles. The Morgan fingerprint density at radius 3 is 2.37 bits per heavy atom. The number of carboxylic acid groups (broad SMARTS) is 1. The van der Waals surface area contributed by atoms with E-state index in [0.29, 0.717) is 5.56 Å². The molecule has 0 aliphatic carbocycles. The Kier molecular flexibility index (Phi) is 5.38. The van der Waals surface area contributed by atoms with Crippen molar-refractivity contribution in [2.75, 3.05) is 12.8 Å². The molecule has 6 heteroatoms. The van der Waals surface area contributed by atoms with E-state index >= 15 is 0 Å². The molecule has 0 bridgehead atoms. The topological polar surface area (TPSA) is 86.6 Å². The molecular weight excluding hydrogens is 266 g/mol. The highest BCUT2D eigenvalue weighted by Gasteiger charge is 2.24. The molecule has 104 valence electrons. The van der Waals surface area contributed by atoms with E-state index in [1.807, 2.05) is 18.4 Å². The smallest absolute Gasteiger partial charge is 0.306 e. The summed E-state index contributed by atoms with van der Waals surface area (Å²) in [6.07, 6.45) is 1.52.